The summed E-state index contributed by atoms with van der Waals surface area (Å²) < 4.78 is 0. The second-order valence-electron chi connectivity index (χ2n) is 11.5. The monoisotopic (exact) mass is 521 g/mol. The van der Waals surface area contributed by atoms with Crippen LogP contribution in [-0.2, 0) is 10.8 Å². The van der Waals surface area contributed by atoms with Crippen molar-refractivity contribution in [3.63, 3.8) is 0 Å². The molecule has 0 heteroatoms. The van der Waals surface area contributed by atoms with E-state index in [9.17, 15) is 0 Å². The molecule has 0 aliphatic heterocycles. The SMILES string of the molecule is CC.CC.CCCCCCCCC1(CCCCCC)c2cc(C)ccc2-c2ccc(C(C)(CC)CC)cc21. The van der Waals surface area contributed by atoms with E-state index >= 15 is 0 Å². The molecule has 0 spiro atoms. The van der Waals surface area contributed by atoms with Gasteiger partial charge in [-0.05, 0) is 65.8 Å². The van der Waals surface area contributed by atoms with Gasteiger partial charge in [-0.2, -0.15) is 0 Å². The first-order valence-electron chi connectivity index (χ1n) is 16.7. The molecule has 1 atom stereocenters. The van der Waals surface area contributed by atoms with Crippen molar-refractivity contribution in [2.45, 2.75) is 170 Å². The summed E-state index contributed by atoms with van der Waals surface area (Å²) in [5.41, 5.74) is 9.78. The van der Waals surface area contributed by atoms with Gasteiger partial charge in [-0.25, -0.2) is 0 Å². The Morgan fingerprint density at radius 3 is 1.55 bits per heavy atom. The van der Waals surface area contributed by atoms with Crippen LogP contribution in [0.5, 0.6) is 0 Å². The highest BCUT2D eigenvalue weighted by molar-refractivity contribution is 5.82. The second kappa shape index (κ2) is 17.9. The topological polar surface area (TPSA) is 0 Å². The quantitative estimate of drug-likeness (QED) is 0.205. The summed E-state index contributed by atoms with van der Waals surface area (Å²) >= 11 is 0. The van der Waals surface area contributed by atoms with Gasteiger partial charge in [-0.3, -0.25) is 0 Å². The molecule has 1 aliphatic carbocycles. The highest BCUT2D eigenvalue weighted by atomic mass is 14.5. The van der Waals surface area contributed by atoms with Crippen LogP contribution in [0.1, 0.15) is 174 Å². The van der Waals surface area contributed by atoms with Gasteiger partial charge >= 0.3 is 0 Å². The second-order valence-corrected chi connectivity index (χ2v) is 11.5. The van der Waals surface area contributed by atoms with Crippen LogP contribution in [0.4, 0.5) is 0 Å². The average molecular weight is 521 g/mol. The summed E-state index contributed by atoms with van der Waals surface area (Å²) in [5.74, 6) is 0. The molecule has 0 N–H and O–H groups in total. The normalized spacial score (nSPS) is 15.6. The summed E-state index contributed by atoms with van der Waals surface area (Å²) in [5, 5.41) is 0. The zero-order chi connectivity index (χ0) is 28.6. The minimum Gasteiger partial charge on any atom is -0.0683 e. The predicted octanol–water partition coefficient (Wildman–Crippen LogP) is 13.1. The Morgan fingerprint density at radius 1 is 0.579 bits per heavy atom. The van der Waals surface area contributed by atoms with E-state index in [1.165, 1.54) is 107 Å². The van der Waals surface area contributed by atoms with Gasteiger partial charge < -0.3 is 0 Å². The van der Waals surface area contributed by atoms with Crippen LogP contribution in [0, 0.1) is 6.92 Å². The Kier molecular flexibility index (Phi) is 16.2. The molecule has 0 nitrogen and oxygen atoms in total. The van der Waals surface area contributed by atoms with Gasteiger partial charge in [-0.15, -0.1) is 0 Å². The third kappa shape index (κ3) is 8.22. The third-order valence-corrected chi connectivity index (χ3v) is 9.19. The molecule has 0 amide bonds. The molecule has 2 aromatic rings. The fourth-order valence-corrected chi connectivity index (χ4v) is 6.37. The van der Waals surface area contributed by atoms with Gasteiger partial charge in [0.2, 0.25) is 0 Å². The van der Waals surface area contributed by atoms with E-state index in [0.717, 1.165) is 0 Å². The van der Waals surface area contributed by atoms with E-state index in [0.29, 0.717) is 0 Å². The number of benzene rings is 2. The Balaban J connectivity index is 0.00000172. The lowest BCUT2D eigenvalue weighted by molar-refractivity contribution is 0.396. The molecule has 1 unspecified atom stereocenters. The molecule has 0 aromatic heterocycles. The van der Waals surface area contributed by atoms with Crippen molar-refractivity contribution in [2.75, 3.05) is 0 Å². The Labute approximate surface area is 239 Å². The fraction of sp³-hybridized carbons (Fsp3) is 0.684. The summed E-state index contributed by atoms with van der Waals surface area (Å²) in [6.45, 7) is 22.1. The van der Waals surface area contributed by atoms with Crippen molar-refractivity contribution < 1.29 is 0 Å². The molecule has 0 saturated heterocycles. The Bertz CT molecular complexity index is 900. The van der Waals surface area contributed by atoms with E-state index in [1.807, 2.05) is 27.7 Å². The maximum Gasteiger partial charge on any atom is 0.0215 e. The highest BCUT2D eigenvalue weighted by Crippen LogP contribution is 2.55. The highest BCUT2D eigenvalue weighted by Gasteiger charge is 2.43. The molecule has 216 valence electrons. The zero-order valence-corrected chi connectivity index (χ0v) is 27.4. The first kappa shape index (κ1) is 34.5. The molecule has 2 aromatic carbocycles. The van der Waals surface area contributed by atoms with Crippen LogP contribution >= 0.6 is 0 Å². The lowest BCUT2D eigenvalue weighted by Crippen LogP contribution is -2.27. The summed E-state index contributed by atoms with van der Waals surface area (Å²) in [6.07, 6.45) is 18.7. The zero-order valence-electron chi connectivity index (χ0n) is 27.4. The van der Waals surface area contributed by atoms with Gasteiger partial charge in [-0.1, -0.05) is 168 Å². The fourth-order valence-electron chi connectivity index (χ4n) is 6.37. The molecule has 1 aliphatic rings. The van der Waals surface area contributed by atoms with Crippen molar-refractivity contribution in [2.24, 2.45) is 0 Å². The van der Waals surface area contributed by atoms with E-state index in [2.05, 4.69) is 77.9 Å². The summed E-state index contributed by atoms with van der Waals surface area (Å²) in [7, 11) is 0. The van der Waals surface area contributed by atoms with Crippen LogP contribution in [0.3, 0.4) is 0 Å². The van der Waals surface area contributed by atoms with Gasteiger partial charge in [0.25, 0.3) is 0 Å². The molecule has 0 heterocycles. The molecule has 38 heavy (non-hydrogen) atoms. The van der Waals surface area contributed by atoms with Gasteiger partial charge in [0, 0.05) is 5.41 Å². The number of fused-ring (bicyclic) bond motifs is 3. The van der Waals surface area contributed by atoms with Crippen molar-refractivity contribution in [1.29, 1.82) is 0 Å². The number of rotatable bonds is 15. The lowest BCUT2D eigenvalue weighted by atomic mass is 9.68. The van der Waals surface area contributed by atoms with E-state index in [-0.39, 0.29) is 10.8 Å². The van der Waals surface area contributed by atoms with Crippen LogP contribution in [0.25, 0.3) is 11.1 Å². The molecular formula is C38H64. The Morgan fingerprint density at radius 2 is 1.03 bits per heavy atom. The van der Waals surface area contributed by atoms with Crippen LogP contribution in [0.15, 0.2) is 36.4 Å². The van der Waals surface area contributed by atoms with Crippen LogP contribution < -0.4 is 0 Å². The van der Waals surface area contributed by atoms with Crippen molar-refractivity contribution in [3.8, 4) is 11.1 Å². The van der Waals surface area contributed by atoms with E-state index < -0.39 is 0 Å². The van der Waals surface area contributed by atoms with Crippen molar-refractivity contribution in [3.05, 3.63) is 58.7 Å². The van der Waals surface area contributed by atoms with Crippen LogP contribution in [-0.4, -0.2) is 0 Å². The first-order chi connectivity index (χ1) is 18.5. The summed E-state index contributed by atoms with van der Waals surface area (Å²) in [6, 6.07) is 14.9. The number of hydrogen-bond donors (Lipinski definition) is 0. The predicted molar refractivity (Wildman–Crippen MR) is 175 cm³/mol. The van der Waals surface area contributed by atoms with Gasteiger partial charge in [0.15, 0.2) is 0 Å². The van der Waals surface area contributed by atoms with Crippen molar-refractivity contribution in [1.82, 2.24) is 0 Å². The largest absolute Gasteiger partial charge is 0.0683 e. The number of hydrogen-bond acceptors (Lipinski definition) is 0. The number of unbranched alkanes of at least 4 members (excludes halogenated alkanes) is 8. The smallest absolute Gasteiger partial charge is 0.0215 e. The lowest BCUT2D eigenvalue weighted by Gasteiger charge is -2.35. The standard InChI is InChI=1S/C34H52.2C2H6/c1-7-11-13-15-16-18-24-34(23-17-14-12-8-2)31-25-27(5)19-21-29(31)30-22-20-28(26-32(30)34)33(6,9-3)10-4;2*1-2/h19-22,25-26H,7-18,23-24H2,1-6H3;2*1-2H3. The van der Waals surface area contributed by atoms with Gasteiger partial charge in [0.05, 0.1) is 0 Å². The average Bonchev–Trinajstić information content (AvgIpc) is 3.23. The Hall–Kier alpha value is -1.56. The maximum absolute atomic E-state index is 2.66. The maximum atomic E-state index is 2.66. The third-order valence-electron chi connectivity index (χ3n) is 9.19. The molecular weight excluding hydrogens is 456 g/mol. The summed E-state index contributed by atoms with van der Waals surface area (Å²) in [4.78, 5) is 0. The van der Waals surface area contributed by atoms with Crippen molar-refractivity contribution >= 4 is 0 Å². The van der Waals surface area contributed by atoms with Gasteiger partial charge in [0.1, 0.15) is 0 Å². The van der Waals surface area contributed by atoms with Crippen LogP contribution in [0.2, 0.25) is 0 Å². The number of aryl methyl sites for hydroxylation is 1. The molecule has 0 radical (unpaired) electrons. The molecule has 3 rings (SSSR count). The molecule has 0 saturated carbocycles. The minimum atomic E-state index is 0.202. The molecule has 0 fully saturated rings. The van der Waals surface area contributed by atoms with E-state index in [1.54, 1.807) is 16.7 Å². The van der Waals surface area contributed by atoms with E-state index in [4.69, 9.17) is 0 Å². The minimum absolute atomic E-state index is 0.202. The molecule has 0 bridgehead atoms. The first-order valence-corrected chi connectivity index (χ1v) is 16.7.